The number of aliphatic hydroxyl groups is 1. The van der Waals surface area contributed by atoms with E-state index in [9.17, 15) is 28.2 Å². The second kappa shape index (κ2) is 16.8. The van der Waals surface area contributed by atoms with E-state index in [-0.39, 0.29) is 48.3 Å². The van der Waals surface area contributed by atoms with Gasteiger partial charge in [-0.2, -0.15) is 4.31 Å². The summed E-state index contributed by atoms with van der Waals surface area (Å²) in [5, 5.41) is 25.3. The summed E-state index contributed by atoms with van der Waals surface area (Å²) in [7, 11) is -4.09. The van der Waals surface area contributed by atoms with Gasteiger partial charge in [-0.25, -0.2) is 23.0 Å². The SMILES string of the molecule is CC(C)CN(C[C@@H](O)[C@H](Cc1ccc(CCc2sc3c(c2C(=O)O)CC(C)(C)CC3)cc1)NC(=O)O[C@H]1CO[C@@]2(C)OCC[C@@H]12)S(=O)(=O)c1ccc2nc(N)sc2c1. The zero-order chi connectivity index (χ0) is 41.6. The molecule has 2 fully saturated rings. The van der Waals surface area contributed by atoms with E-state index in [4.69, 9.17) is 19.9 Å². The predicted octanol–water partition coefficient (Wildman–Crippen LogP) is 6.43. The Hall–Kier alpha value is -3.64. The van der Waals surface area contributed by atoms with Crippen LogP contribution in [0, 0.1) is 17.3 Å². The Bertz CT molecular complexity index is 2250. The standard InChI is InChI=1S/C42H54N4O9S3/c1-24(2)21-46(58(51,52)27-11-12-30-36(19-27)57-39(43)44-30)22-32(47)31(45-40(50)55-33-23-54-42(5)29(33)15-17-53-42)18-26-8-6-25(7-9-26)10-13-35-37(38(48)49)28-20-41(3,4)16-14-34(28)56-35/h6-9,11-12,19,24,29,31-33,47H,10,13-18,20-23H2,1-5H3,(H2,43,44)(H,45,50)(H,48,49)/t29-,31-,32+,33-,42+/m0/s1. The number of nitrogens with one attached hydrogen (secondary N) is 1. The van der Waals surface area contributed by atoms with E-state index < -0.39 is 46.1 Å². The first-order valence-electron chi connectivity index (χ1n) is 19.9. The number of nitrogen functional groups attached to an aromatic ring is 1. The first-order chi connectivity index (χ1) is 27.4. The van der Waals surface area contributed by atoms with Crippen LogP contribution in [0.4, 0.5) is 9.93 Å². The van der Waals surface area contributed by atoms with Crippen molar-refractivity contribution in [1.29, 1.82) is 0 Å². The minimum absolute atomic E-state index is 0.0566. The fourth-order valence-corrected chi connectivity index (χ4v) is 12.3. The summed E-state index contributed by atoms with van der Waals surface area (Å²) in [4.78, 5) is 32.3. The van der Waals surface area contributed by atoms with Crippen molar-refractivity contribution < 1.29 is 42.4 Å². The minimum Gasteiger partial charge on any atom is -0.478 e. The number of rotatable bonds is 15. The van der Waals surface area contributed by atoms with Crippen LogP contribution >= 0.6 is 22.7 Å². The number of carboxylic acid groups (broad SMARTS) is 1. The van der Waals surface area contributed by atoms with E-state index in [1.165, 1.54) is 26.6 Å². The number of nitrogens with two attached hydrogens (primary N) is 1. The topological polar surface area (TPSA) is 191 Å². The number of hydrogen-bond acceptors (Lipinski definition) is 12. The van der Waals surface area contributed by atoms with Gasteiger partial charge in [-0.15, -0.1) is 11.3 Å². The van der Waals surface area contributed by atoms with E-state index in [0.29, 0.717) is 46.8 Å². The average Bonchev–Trinajstić information content (AvgIpc) is 3.90. The number of alkyl carbamates (subject to hydrolysis) is 1. The largest absolute Gasteiger partial charge is 0.478 e. The zero-order valence-corrected chi connectivity index (χ0v) is 36.1. The number of sulfonamides is 1. The van der Waals surface area contributed by atoms with Crippen molar-refractivity contribution in [2.75, 3.05) is 32.0 Å². The average molecular weight is 855 g/mol. The third-order valence-electron chi connectivity index (χ3n) is 11.7. The molecule has 1 amide bonds. The highest BCUT2D eigenvalue weighted by Crippen LogP contribution is 2.43. The van der Waals surface area contributed by atoms with Gasteiger partial charge in [0.25, 0.3) is 0 Å². The quantitative estimate of drug-likeness (QED) is 0.103. The Balaban J connectivity index is 1.09. The third-order valence-corrected chi connectivity index (χ3v) is 15.7. The van der Waals surface area contributed by atoms with Gasteiger partial charge in [-0.05, 0) is 98.1 Å². The van der Waals surface area contributed by atoms with Gasteiger partial charge in [0.05, 0.1) is 52.0 Å². The number of aromatic carboxylic acids is 1. The molecule has 0 spiro atoms. The number of carboxylic acids is 1. The number of aryl methyl sites for hydroxylation is 3. The molecule has 2 aromatic carbocycles. The van der Waals surface area contributed by atoms with Gasteiger partial charge in [0.1, 0.15) is 6.10 Å². The molecule has 58 heavy (non-hydrogen) atoms. The number of aliphatic hydroxyl groups excluding tert-OH is 1. The first-order valence-corrected chi connectivity index (χ1v) is 23.0. The number of thiazole rings is 1. The van der Waals surface area contributed by atoms with Crippen LogP contribution in [0.25, 0.3) is 10.2 Å². The van der Waals surface area contributed by atoms with Crippen molar-refractivity contribution in [2.24, 2.45) is 17.3 Å². The van der Waals surface area contributed by atoms with Crippen LogP contribution in [0.2, 0.25) is 0 Å². The number of thiophene rings is 1. The van der Waals surface area contributed by atoms with Gasteiger partial charge in [-0.1, -0.05) is 63.3 Å². The number of nitrogens with zero attached hydrogens (tertiary/aromatic N) is 2. The van der Waals surface area contributed by atoms with Crippen LogP contribution < -0.4 is 11.1 Å². The van der Waals surface area contributed by atoms with E-state index in [0.717, 1.165) is 40.8 Å². The molecule has 5 N–H and O–H groups in total. The van der Waals surface area contributed by atoms with Crippen molar-refractivity contribution in [1.82, 2.24) is 14.6 Å². The lowest BCUT2D eigenvalue weighted by Crippen LogP contribution is -2.51. The number of aromatic nitrogens is 1. The summed E-state index contributed by atoms with van der Waals surface area (Å²) in [6.07, 6.45) is 2.21. The lowest BCUT2D eigenvalue weighted by molar-refractivity contribution is -0.181. The molecule has 2 aromatic heterocycles. The maximum atomic E-state index is 14.2. The maximum absolute atomic E-state index is 14.2. The molecule has 3 aliphatic rings. The molecule has 7 rings (SSSR count). The molecule has 4 heterocycles. The molecular formula is C42H54N4O9S3. The van der Waals surface area contributed by atoms with E-state index >= 15 is 0 Å². The van der Waals surface area contributed by atoms with Gasteiger partial charge in [0, 0.05) is 22.8 Å². The normalized spacial score (nSPS) is 22.6. The molecule has 13 nitrogen and oxygen atoms in total. The molecular weight excluding hydrogens is 801 g/mol. The molecule has 0 saturated carbocycles. The van der Waals surface area contributed by atoms with Crippen LogP contribution in [-0.2, 0) is 56.3 Å². The monoisotopic (exact) mass is 854 g/mol. The number of carbonyl (C=O) groups is 2. The van der Waals surface area contributed by atoms with Crippen LogP contribution in [0.15, 0.2) is 47.4 Å². The summed E-state index contributed by atoms with van der Waals surface area (Å²) in [6.45, 7) is 10.5. The Kier molecular flexibility index (Phi) is 12.3. The third kappa shape index (κ3) is 9.23. The Morgan fingerprint density at radius 1 is 1.07 bits per heavy atom. The summed E-state index contributed by atoms with van der Waals surface area (Å²) in [5.74, 6) is -1.89. The van der Waals surface area contributed by atoms with Gasteiger partial charge in [0.15, 0.2) is 10.9 Å². The molecule has 16 heteroatoms. The zero-order valence-electron chi connectivity index (χ0n) is 33.7. The number of benzene rings is 2. The number of anilines is 1. The van der Waals surface area contributed by atoms with Gasteiger partial charge < -0.3 is 35.5 Å². The van der Waals surface area contributed by atoms with Gasteiger partial charge in [0.2, 0.25) is 10.0 Å². The molecule has 0 unspecified atom stereocenters. The van der Waals surface area contributed by atoms with E-state index in [1.54, 1.807) is 23.5 Å². The van der Waals surface area contributed by atoms with Crippen LogP contribution in [0.3, 0.4) is 0 Å². The van der Waals surface area contributed by atoms with E-state index in [1.807, 2.05) is 45.0 Å². The molecule has 0 radical (unpaired) electrons. The lowest BCUT2D eigenvalue weighted by Gasteiger charge is -2.31. The summed E-state index contributed by atoms with van der Waals surface area (Å²) in [6, 6.07) is 11.5. The fourth-order valence-electron chi connectivity index (χ4n) is 8.52. The summed E-state index contributed by atoms with van der Waals surface area (Å²) < 4.78 is 47.7. The molecule has 1 aliphatic carbocycles. The van der Waals surface area contributed by atoms with Gasteiger partial charge in [-0.3, -0.25) is 0 Å². The number of amides is 1. The first kappa shape index (κ1) is 42.5. The minimum atomic E-state index is -4.09. The second-order valence-corrected chi connectivity index (χ2v) is 21.4. The van der Waals surface area contributed by atoms with Gasteiger partial charge >= 0.3 is 12.1 Å². The number of fused-ring (bicyclic) bond motifs is 3. The molecule has 2 saturated heterocycles. The van der Waals surface area contributed by atoms with Crippen molar-refractivity contribution in [2.45, 2.75) is 108 Å². The van der Waals surface area contributed by atoms with Crippen molar-refractivity contribution in [3.63, 3.8) is 0 Å². The Morgan fingerprint density at radius 3 is 2.53 bits per heavy atom. The maximum Gasteiger partial charge on any atom is 0.407 e. The number of ether oxygens (including phenoxy) is 3. The predicted molar refractivity (Wildman–Crippen MR) is 224 cm³/mol. The summed E-state index contributed by atoms with van der Waals surface area (Å²) in [5.41, 5.74) is 9.85. The number of carbonyl (C=O) groups excluding carboxylic acids is 1. The van der Waals surface area contributed by atoms with E-state index in [2.05, 4.69) is 24.1 Å². The number of hydrogen-bond donors (Lipinski definition) is 4. The lowest BCUT2D eigenvalue weighted by atomic mass is 9.76. The Labute approximate surface area is 347 Å². The molecule has 4 aromatic rings. The molecule has 0 bridgehead atoms. The van der Waals surface area contributed by atoms with Crippen molar-refractivity contribution in [3.05, 3.63) is 74.5 Å². The Morgan fingerprint density at radius 2 is 1.81 bits per heavy atom. The second-order valence-electron chi connectivity index (χ2n) is 17.2. The smallest absolute Gasteiger partial charge is 0.407 e. The highest BCUT2D eigenvalue weighted by molar-refractivity contribution is 7.89. The summed E-state index contributed by atoms with van der Waals surface area (Å²) >= 11 is 2.82. The van der Waals surface area contributed by atoms with Crippen LogP contribution in [-0.4, -0.2) is 90.3 Å². The molecule has 5 atom stereocenters. The molecule has 2 aliphatic heterocycles. The van der Waals surface area contributed by atoms with Crippen molar-refractivity contribution >= 4 is 60.1 Å². The van der Waals surface area contributed by atoms with Crippen LogP contribution in [0.5, 0.6) is 0 Å². The molecule has 314 valence electrons. The highest BCUT2D eigenvalue weighted by atomic mass is 32.2. The highest BCUT2D eigenvalue weighted by Gasteiger charge is 2.53. The van der Waals surface area contributed by atoms with Crippen molar-refractivity contribution in [3.8, 4) is 0 Å². The van der Waals surface area contributed by atoms with Crippen LogP contribution in [0.1, 0.15) is 84.3 Å². The fraction of sp³-hybridized carbons (Fsp3) is 0.548.